The zero-order valence-electron chi connectivity index (χ0n) is 17.8. The third-order valence-electron chi connectivity index (χ3n) is 6.11. The van der Waals surface area contributed by atoms with Crippen molar-refractivity contribution < 1.29 is 13.2 Å². The Hall–Kier alpha value is -2.90. The molecule has 1 fully saturated rings. The minimum atomic E-state index is -2.92. The Kier molecular flexibility index (Phi) is 5.27. The Morgan fingerprint density at radius 3 is 2.65 bits per heavy atom. The van der Waals surface area contributed by atoms with Gasteiger partial charge in [-0.2, -0.15) is 0 Å². The van der Waals surface area contributed by atoms with Crippen LogP contribution in [0.1, 0.15) is 50.1 Å². The third kappa shape index (κ3) is 4.03. The standard InChI is InChI=1S/C23H25F3N4O/c1-4-23(10-17(24)11-23)30-13-18-19(9-20(30)31)28-14(2)29-21(18)27-12-15-6-5-7-16(8-15)22(3,25)26/h5-9,13,17H,4,10-12H2,1-3H3,(H,27,28,29). The van der Waals surface area contributed by atoms with E-state index in [4.69, 9.17) is 0 Å². The summed E-state index contributed by atoms with van der Waals surface area (Å²) in [6, 6.07) is 7.67. The van der Waals surface area contributed by atoms with Crippen LogP contribution in [0.15, 0.2) is 41.3 Å². The SMILES string of the molecule is CCC1(n2cc3c(NCc4cccc(C(C)(F)F)c4)nc(C)nc3cc2=O)CC(F)C1. The van der Waals surface area contributed by atoms with E-state index in [1.54, 1.807) is 29.8 Å². The van der Waals surface area contributed by atoms with Crippen LogP contribution in [0.25, 0.3) is 10.9 Å². The molecule has 1 N–H and O–H groups in total. The van der Waals surface area contributed by atoms with Crippen LogP contribution in [-0.4, -0.2) is 20.7 Å². The number of hydrogen-bond acceptors (Lipinski definition) is 4. The second-order valence-corrected chi connectivity index (χ2v) is 8.43. The van der Waals surface area contributed by atoms with Crippen molar-refractivity contribution in [2.45, 2.75) is 64.2 Å². The number of aryl methyl sites for hydroxylation is 1. The molecule has 1 saturated carbocycles. The fourth-order valence-corrected chi connectivity index (χ4v) is 4.29. The Morgan fingerprint density at radius 2 is 2.00 bits per heavy atom. The van der Waals surface area contributed by atoms with Crippen LogP contribution in [0.4, 0.5) is 19.0 Å². The van der Waals surface area contributed by atoms with Gasteiger partial charge < -0.3 is 9.88 Å². The minimum absolute atomic E-state index is 0.0555. The number of halogens is 3. The number of nitrogens with zero attached hydrogens (tertiary/aromatic N) is 3. The Balaban J connectivity index is 1.71. The van der Waals surface area contributed by atoms with Crippen LogP contribution in [0.3, 0.4) is 0 Å². The molecule has 0 saturated heterocycles. The first kappa shape index (κ1) is 21.3. The molecule has 3 aromatic rings. The van der Waals surface area contributed by atoms with E-state index >= 15 is 0 Å². The molecule has 1 aliphatic rings. The van der Waals surface area contributed by atoms with E-state index in [1.165, 1.54) is 18.2 Å². The first-order valence-electron chi connectivity index (χ1n) is 10.4. The fourth-order valence-electron chi connectivity index (χ4n) is 4.29. The van der Waals surface area contributed by atoms with Crippen molar-refractivity contribution in [1.82, 2.24) is 14.5 Å². The molecule has 5 nitrogen and oxygen atoms in total. The highest BCUT2D eigenvalue weighted by atomic mass is 19.3. The van der Waals surface area contributed by atoms with Gasteiger partial charge in [-0.3, -0.25) is 4.79 Å². The number of aromatic nitrogens is 3. The summed E-state index contributed by atoms with van der Waals surface area (Å²) >= 11 is 0. The molecule has 1 aliphatic carbocycles. The fraction of sp³-hybridized carbons (Fsp3) is 0.435. The van der Waals surface area contributed by atoms with E-state index < -0.39 is 17.6 Å². The highest BCUT2D eigenvalue weighted by Gasteiger charge is 2.45. The second-order valence-electron chi connectivity index (χ2n) is 8.43. The molecule has 0 aliphatic heterocycles. The number of nitrogens with one attached hydrogen (secondary N) is 1. The molecule has 8 heteroatoms. The lowest BCUT2D eigenvalue weighted by atomic mass is 9.73. The van der Waals surface area contributed by atoms with Gasteiger partial charge in [0.25, 0.3) is 11.5 Å². The van der Waals surface area contributed by atoms with Crippen molar-refractivity contribution in [3.05, 3.63) is 63.8 Å². The topological polar surface area (TPSA) is 59.8 Å². The van der Waals surface area contributed by atoms with Gasteiger partial charge in [0, 0.05) is 44.1 Å². The highest BCUT2D eigenvalue weighted by Crippen LogP contribution is 2.43. The van der Waals surface area contributed by atoms with E-state index in [0.29, 0.717) is 47.4 Å². The molecular weight excluding hydrogens is 405 g/mol. The average Bonchev–Trinajstić information content (AvgIpc) is 2.68. The monoisotopic (exact) mass is 430 g/mol. The van der Waals surface area contributed by atoms with Crippen molar-refractivity contribution in [2.75, 3.05) is 5.32 Å². The number of rotatable bonds is 6. The Labute approximate surface area is 178 Å². The van der Waals surface area contributed by atoms with Crippen molar-refractivity contribution in [3.63, 3.8) is 0 Å². The summed E-state index contributed by atoms with van der Waals surface area (Å²) in [6.07, 6.45) is 2.06. The summed E-state index contributed by atoms with van der Waals surface area (Å²) in [4.78, 5) is 21.6. The van der Waals surface area contributed by atoms with Gasteiger partial charge >= 0.3 is 0 Å². The molecule has 0 atom stereocenters. The largest absolute Gasteiger partial charge is 0.365 e. The van der Waals surface area contributed by atoms with E-state index in [0.717, 1.165) is 6.92 Å². The van der Waals surface area contributed by atoms with E-state index in [1.807, 2.05) is 6.92 Å². The number of alkyl halides is 3. The first-order chi connectivity index (χ1) is 14.6. The molecule has 4 rings (SSSR count). The van der Waals surface area contributed by atoms with Crippen LogP contribution in [0.5, 0.6) is 0 Å². The summed E-state index contributed by atoms with van der Waals surface area (Å²) in [5, 5.41) is 3.84. The maximum absolute atomic E-state index is 13.7. The number of pyridine rings is 1. The minimum Gasteiger partial charge on any atom is -0.365 e. The van der Waals surface area contributed by atoms with Gasteiger partial charge in [-0.25, -0.2) is 23.1 Å². The van der Waals surface area contributed by atoms with Crippen molar-refractivity contribution in [3.8, 4) is 0 Å². The second kappa shape index (κ2) is 7.66. The lowest BCUT2D eigenvalue weighted by molar-refractivity contribution is 0.0174. The molecule has 0 radical (unpaired) electrons. The van der Waals surface area contributed by atoms with Crippen LogP contribution < -0.4 is 10.9 Å². The quantitative estimate of drug-likeness (QED) is 0.594. The van der Waals surface area contributed by atoms with Crippen molar-refractivity contribution in [2.24, 2.45) is 0 Å². The lowest BCUT2D eigenvalue weighted by Crippen LogP contribution is -2.51. The zero-order chi connectivity index (χ0) is 22.4. The summed E-state index contributed by atoms with van der Waals surface area (Å²) in [7, 11) is 0. The van der Waals surface area contributed by atoms with Gasteiger partial charge in [0.2, 0.25) is 0 Å². The molecule has 2 aromatic heterocycles. The highest BCUT2D eigenvalue weighted by molar-refractivity contribution is 5.88. The zero-order valence-corrected chi connectivity index (χ0v) is 17.8. The van der Waals surface area contributed by atoms with E-state index in [9.17, 15) is 18.0 Å². The van der Waals surface area contributed by atoms with Crippen LogP contribution in [0.2, 0.25) is 0 Å². The third-order valence-corrected chi connectivity index (χ3v) is 6.11. The predicted octanol–water partition coefficient (Wildman–Crippen LogP) is 5.06. The molecule has 1 aromatic carbocycles. The number of anilines is 1. The summed E-state index contributed by atoms with van der Waals surface area (Å²) < 4.78 is 42.6. The van der Waals surface area contributed by atoms with Gasteiger partial charge in [-0.1, -0.05) is 25.1 Å². The van der Waals surface area contributed by atoms with Crippen molar-refractivity contribution in [1.29, 1.82) is 0 Å². The van der Waals surface area contributed by atoms with Gasteiger partial charge in [-0.15, -0.1) is 0 Å². The van der Waals surface area contributed by atoms with E-state index in [-0.39, 0.29) is 17.7 Å². The average molecular weight is 430 g/mol. The normalized spacial score (nSPS) is 21.2. The van der Waals surface area contributed by atoms with Gasteiger partial charge in [0.05, 0.1) is 16.4 Å². The first-order valence-corrected chi connectivity index (χ1v) is 10.4. The maximum atomic E-state index is 13.7. The van der Waals surface area contributed by atoms with Gasteiger partial charge in [-0.05, 0) is 25.0 Å². The maximum Gasteiger partial charge on any atom is 0.270 e. The Bertz CT molecular complexity index is 1180. The lowest BCUT2D eigenvalue weighted by Gasteiger charge is -2.45. The summed E-state index contributed by atoms with van der Waals surface area (Å²) in [6.45, 7) is 4.82. The molecular formula is C23H25F3N4O. The summed E-state index contributed by atoms with van der Waals surface area (Å²) in [5.41, 5.74) is 0.366. The molecule has 0 unspecified atom stereocenters. The van der Waals surface area contributed by atoms with E-state index in [2.05, 4.69) is 15.3 Å². The molecule has 0 amide bonds. The molecule has 164 valence electrons. The molecule has 0 bridgehead atoms. The number of benzene rings is 1. The number of hydrogen-bond donors (Lipinski definition) is 1. The van der Waals surface area contributed by atoms with Crippen LogP contribution in [-0.2, 0) is 18.0 Å². The van der Waals surface area contributed by atoms with Crippen molar-refractivity contribution >= 4 is 16.7 Å². The Morgan fingerprint density at radius 1 is 1.26 bits per heavy atom. The predicted molar refractivity (Wildman–Crippen MR) is 114 cm³/mol. The molecule has 31 heavy (non-hydrogen) atoms. The van der Waals surface area contributed by atoms with Gasteiger partial charge in [0.15, 0.2) is 0 Å². The number of fused-ring (bicyclic) bond motifs is 1. The van der Waals surface area contributed by atoms with Gasteiger partial charge in [0.1, 0.15) is 17.8 Å². The van der Waals surface area contributed by atoms with Crippen LogP contribution in [0, 0.1) is 6.92 Å². The molecule has 2 heterocycles. The smallest absolute Gasteiger partial charge is 0.270 e. The summed E-state index contributed by atoms with van der Waals surface area (Å²) in [5.74, 6) is -1.93. The van der Waals surface area contributed by atoms with Crippen LogP contribution >= 0.6 is 0 Å². The molecule has 0 spiro atoms.